The van der Waals surface area contributed by atoms with Crippen molar-refractivity contribution in [1.29, 1.82) is 0 Å². The summed E-state index contributed by atoms with van der Waals surface area (Å²) in [6.45, 7) is 2.01. The minimum Gasteiger partial charge on any atom is -0.508 e. The fourth-order valence-corrected chi connectivity index (χ4v) is 2.98. The molecule has 0 aliphatic carbocycles. The number of rotatable bonds is 2. The Hall–Kier alpha value is -1.75. The molecular formula is C14H17NO4. The molecule has 2 atom stereocenters. The number of ether oxygens (including phenoxy) is 1. The van der Waals surface area contributed by atoms with Crippen LogP contribution in [0.2, 0.25) is 0 Å². The summed E-state index contributed by atoms with van der Waals surface area (Å²) in [4.78, 5) is 13.3. The largest absolute Gasteiger partial charge is 0.508 e. The Bertz CT molecular complexity index is 502. The molecule has 1 saturated heterocycles. The van der Waals surface area contributed by atoms with Crippen molar-refractivity contribution in [2.24, 2.45) is 5.92 Å². The van der Waals surface area contributed by atoms with Crippen molar-refractivity contribution in [1.82, 2.24) is 4.90 Å². The van der Waals surface area contributed by atoms with Crippen LogP contribution in [0.15, 0.2) is 18.2 Å². The zero-order valence-electron chi connectivity index (χ0n) is 10.6. The van der Waals surface area contributed by atoms with Crippen LogP contribution in [0.1, 0.15) is 24.4 Å². The highest BCUT2D eigenvalue weighted by atomic mass is 16.5. The van der Waals surface area contributed by atoms with Crippen molar-refractivity contribution >= 4 is 5.97 Å². The third-order valence-corrected chi connectivity index (χ3v) is 4.00. The molecule has 1 aromatic rings. The number of nitrogens with zero attached hydrogens (tertiary/aromatic N) is 1. The van der Waals surface area contributed by atoms with Gasteiger partial charge in [-0.15, -0.1) is 0 Å². The zero-order chi connectivity index (χ0) is 13.4. The van der Waals surface area contributed by atoms with Gasteiger partial charge in [-0.3, -0.25) is 9.69 Å². The standard InChI is InChI=1S/C14H17NO4/c16-10-3-4-11-12(8-19-13(11)6-10)15-5-1-2-9(7-15)14(17)18/h3-4,6,9,12,16H,1-2,5,7-8H2,(H,17,18). The van der Waals surface area contributed by atoms with Gasteiger partial charge in [-0.1, -0.05) is 0 Å². The van der Waals surface area contributed by atoms with Crippen molar-refractivity contribution in [3.05, 3.63) is 23.8 Å². The van der Waals surface area contributed by atoms with E-state index in [4.69, 9.17) is 9.84 Å². The molecule has 2 aliphatic rings. The molecule has 1 aromatic carbocycles. The van der Waals surface area contributed by atoms with Crippen LogP contribution < -0.4 is 4.74 Å². The van der Waals surface area contributed by atoms with E-state index in [-0.39, 0.29) is 17.7 Å². The van der Waals surface area contributed by atoms with Crippen LogP contribution in [-0.2, 0) is 4.79 Å². The molecule has 0 bridgehead atoms. The van der Waals surface area contributed by atoms with Gasteiger partial charge in [0.15, 0.2) is 0 Å². The lowest BCUT2D eigenvalue weighted by molar-refractivity contribution is -0.144. The molecule has 2 N–H and O–H groups in total. The first-order valence-electron chi connectivity index (χ1n) is 6.57. The summed E-state index contributed by atoms with van der Waals surface area (Å²) in [7, 11) is 0. The quantitative estimate of drug-likeness (QED) is 0.848. The van der Waals surface area contributed by atoms with E-state index in [2.05, 4.69) is 4.90 Å². The van der Waals surface area contributed by atoms with E-state index in [1.807, 2.05) is 6.07 Å². The number of hydrogen-bond donors (Lipinski definition) is 2. The third-order valence-electron chi connectivity index (χ3n) is 4.00. The maximum atomic E-state index is 11.1. The first kappa shape index (κ1) is 12.3. The number of phenols is 1. The maximum Gasteiger partial charge on any atom is 0.307 e. The van der Waals surface area contributed by atoms with Gasteiger partial charge in [-0.25, -0.2) is 0 Å². The van der Waals surface area contributed by atoms with E-state index in [0.29, 0.717) is 18.9 Å². The number of piperidine rings is 1. The number of benzene rings is 1. The predicted molar refractivity (Wildman–Crippen MR) is 68.3 cm³/mol. The number of likely N-dealkylation sites (tertiary alicyclic amines) is 1. The minimum absolute atomic E-state index is 0.109. The van der Waals surface area contributed by atoms with Crippen LogP contribution in [0.4, 0.5) is 0 Å². The van der Waals surface area contributed by atoms with Crippen molar-refractivity contribution in [3.63, 3.8) is 0 Å². The molecule has 2 heterocycles. The van der Waals surface area contributed by atoms with Gasteiger partial charge in [-0.2, -0.15) is 0 Å². The molecule has 0 saturated carbocycles. The van der Waals surface area contributed by atoms with E-state index >= 15 is 0 Å². The molecule has 0 aromatic heterocycles. The lowest BCUT2D eigenvalue weighted by Crippen LogP contribution is -2.41. The van der Waals surface area contributed by atoms with Gasteiger partial charge >= 0.3 is 5.97 Å². The Morgan fingerprint density at radius 3 is 3.05 bits per heavy atom. The van der Waals surface area contributed by atoms with E-state index in [1.165, 1.54) is 0 Å². The van der Waals surface area contributed by atoms with Gasteiger partial charge in [0, 0.05) is 18.2 Å². The van der Waals surface area contributed by atoms with Crippen molar-refractivity contribution in [3.8, 4) is 11.5 Å². The monoisotopic (exact) mass is 263 g/mol. The van der Waals surface area contributed by atoms with Crippen LogP contribution in [0.5, 0.6) is 11.5 Å². The highest BCUT2D eigenvalue weighted by Crippen LogP contribution is 2.39. The number of carbonyl (C=O) groups is 1. The average Bonchev–Trinajstić information content (AvgIpc) is 2.81. The first-order chi connectivity index (χ1) is 9.15. The predicted octanol–water partition coefficient (Wildman–Crippen LogP) is 1.62. The molecular weight excluding hydrogens is 246 g/mol. The summed E-state index contributed by atoms with van der Waals surface area (Å²) in [6, 6.07) is 5.25. The Kier molecular flexibility index (Phi) is 3.06. The molecule has 2 unspecified atom stereocenters. The second-order valence-electron chi connectivity index (χ2n) is 5.22. The number of hydrogen-bond acceptors (Lipinski definition) is 4. The number of aliphatic carboxylic acids is 1. The van der Waals surface area contributed by atoms with Crippen LogP contribution in [0, 0.1) is 5.92 Å². The van der Waals surface area contributed by atoms with Gasteiger partial charge in [0.05, 0.1) is 12.0 Å². The first-order valence-corrected chi connectivity index (χ1v) is 6.57. The van der Waals surface area contributed by atoms with Gasteiger partial charge in [0.1, 0.15) is 18.1 Å². The summed E-state index contributed by atoms with van der Waals surface area (Å²) in [6.07, 6.45) is 1.66. The summed E-state index contributed by atoms with van der Waals surface area (Å²) < 4.78 is 5.59. The molecule has 5 nitrogen and oxygen atoms in total. The number of carboxylic acid groups (broad SMARTS) is 1. The molecule has 19 heavy (non-hydrogen) atoms. The van der Waals surface area contributed by atoms with Gasteiger partial charge in [0.2, 0.25) is 0 Å². The Morgan fingerprint density at radius 2 is 2.26 bits per heavy atom. The molecule has 0 spiro atoms. The molecule has 5 heteroatoms. The topological polar surface area (TPSA) is 70.0 Å². The highest BCUT2D eigenvalue weighted by Gasteiger charge is 2.34. The minimum atomic E-state index is -0.713. The third kappa shape index (κ3) is 2.26. The van der Waals surface area contributed by atoms with Crippen LogP contribution in [0.3, 0.4) is 0 Å². The van der Waals surface area contributed by atoms with E-state index in [0.717, 1.165) is 24.9 Å². The summed E-state index contributed by atoms with van der Waals surface area (Å²) in [5.74, 6) is -0.0895. The van der Waals surface area contributed by atoms with Gasteiger partial charge in [-0.05, 0) is 31.5 Å². The van der Waals surface area contributed by atoms with Crippen molar-refractivity contribution in [2.75, 3.05) is 19.7 Å². The second-order valence-corrected chi connectivity index (χ2v) is 5.22. The normalized spacial score (nSPS) is 26.7. The summed E-state index contributed by atoms with van der Waals surface area (Å²) in [5, 5.41) is 18.6. The molecule has 0 radical (unpaired) electrons. The van der Waals surface area contributed by atoms with Crippen LogP contribution >= 0.6 is 0 Å². The van der Waals surface area contributed by atoms with Gasteiger partial charge < -0.3 is 14.9 Å². The highest BCUT2D eigenvalue weighted by molar-refractivity contribution is 5.70. The van der Waals surface area contributed by atoms with Crippen molar-refractivity contribution in [2.45, 2.75) is 18.9 Å². The van der Waals surface area contributed by atoms with E-state index in [9.17, 15) is 9.90 Å². The van der Waals surface area contributed by atoms with E-state index < -0.39 is 5.97 Å². The molecule has 3 rings (SSSR count). The fraction of sp³-hybridized carbons (Fsp3) is 0.500. The Labute approximate surface area is 111 Å². The lowest BCUT2D eigenvalue weighted by atomic mass is 9.95. The molecule has 2 aliphatic heterocycles. The van der Waals surface area contributed by atoms with Crippen LogP contribution in [-0.4, -0.2) is 40.8 Å². The Balaban J connectivity index is 1.79. The second kappa shape index (κ2) is 4.74. The lowest BCUT2D eigenvalue weighted by Gasteiger charge is -2.34. The van der Waals surface area contributed by atoms with E-state index in [1.54, 1.807) is 12.1 Å². The number of aromatic hydroxyl groups is 1. The number of carboxylic acids is 1. The summed E-state index contributed by atoms with van der Waals surface area (Å²) >= 11 is 0. The molecule has 0 amide bonds. The summed E-state index contributed by atoms with van der Waals surface area (Å²) in [5.41, 5.74) is 1.05. The number of phenolic OH excluding ortho intramolecular Hbond substituents is 1. The molecule has 1 fully saturated rings. The maximum absolute atomic E-state index is 11.1. The molecule has 102 valence electrons. The zero-order valence-corrected chi connectivity index (χ0v) is 10.6. The Morgan fingerprint density at radius 1 is 1.42 bits per heavy atom. The smallest absolute Gasteiger partial charge is 0.307 e. The van der Waals surface area contributed by atoms with Gasteiger partial charge in [0.25, 0.3) is 0 Å². The SMILES string of the molecule is O=C(O)C1CCCN(C2COc3cc(O)ccc32)C1. The average molecular weight is 263 g/mol. The number of fused-ring (bicyclic) bond motifs is 1. The van der Waals surface area contributed by atoms with Crippen molar-refractivity contribution < 1.29 is 19.7 Å². The fourth-order valence-electron chi connectivity index (χ4n) is 2.98. The van der Waals surface area contributed by atoms with Crippen LogP contribution in [0.25, 0.3) is 0 Å².